The highest BCUT2D eigenvalue weighted by atomic mass is 16.5. The van der Waals surface area contributed by atoms with Crippen molar-refractivity contribution in [2.45, 2.75) is 13.3 Å². The molecule has 0 bridgehead atoms. The molecule has 2 aliphatic heterocycles. The molecule has 2 heterocycles. The molecule has 1 amide bonds. The molecule has 18 heavy (non-hydrogen) atoms. The van der Waals surface area contributed by atoms with Crippen LogP contribution in [0.25, 0.3) is 0 Å². The van der Waals surface area contributed by atoms with Crippen LogP contribution in [0.15, 0.2) is 0 Å². The van der Waals surface area contributed by atoms with Gasteiger partial charge in [0.2, 0.25) is 5.91 Å². The van der Waals surface area contributed by atoms with Gasteiger partial charge in [-0.25, -0.2) is 0 Å². The maximum atomic E-state index is 11.9. The number of hydrogen-bond acceptors (Lipinski definition) is 4. The average Bonchev–Trinajstić information content (AvgIpc) is 2.91. The third-order valence-corrected chi connectivity index (χ3v) is 3.73. The lowest BCUT2D eigenvalue weighted by molar-refractivity contribution is -0.124. The van der Waals surface area contributed by atoms with E-state index in [2.05, 4.69) is 22.5 Å². The number of ether oxygens (including phenoxy) is 1. The van der Waals surface area contributed by atoms with E-state index >= 15 is 0 Å². The summed E-state index contributed by atoms with van der Waals surface area (Å²) in [5.41, 5.74) is 0. The molecule has 2 saturated heterocycles. The second-order valence-corrected chi connectivity index (χ2v) is 5.45. The maximum Gasteiger partial charge on any atom is 0.224 e. The van der Waals surface area contributed by atoms with Crippen LogP contribution in [0.4, 0.5) is 0 Å². The fourth-order valence-electron chi connectivity index (χ4n) is 2.59. The van der Waals surface area contributed by atoms with Crippen LogP contribution >= 0.6 is 0 Å². The summed E-state index contributed by atoms with van der Waals surface area (Å²) in [6.07, 6.45) is 0.976. The summed E-state index contributed by atoms with van der Waals surface area (Å²) in [6, 6.07) is 0. The third kappa shape index (κ3) is 4.23. The lowest BCUT2D eigenvalue weighted by Crippen LogP contribution is -2.42. The zero-order chi connectivity index (χ0) is 12.8. The van der Waals surface area contributed by atoms with Crippen molar-refractivity contribution in [2.24, 2.45) is 11.8 Å². The van der Waals surface area contributed by atoms with Crippen molar-refractivity contribution >= 4 is 5.91 Å². The van der Waals surface area contributed by atoms with Crippen LogP contribution in [-0.2, 0) is 9.53 Å². The number of morpholine rings is 1. The summed E-state index contributed by atoms with van der Waals surface area (Å²) in [5, 5.41) is 6.30. The first kappa shape index (κ1) is 13.8. The van der Waals surface area contributed by atoms with Gasteiger partial charge in [0.15, 0.2) is 0 Å². The van der Waals surface area contributed by atoms with Gasteiger partial charge in [-0.05, 0) is 18.9 Å². The first-order valence-electron chi connectivity index (χ1n) is 7.04. The Bertz CT molecular complexity index is 261. The summed E-state index contributed by atoms with van der Waals surface area (Å²) < 4.78 is 5.33. The van der Waals surface area contributed by atoms with Crippen LogP contribution in [0.3, 0.4) is 0 Å². The van der Waals surface area contributed by atoms with Gasteiger partial charge in [0.25, 0.3) is 0 Å². The van der Waals surface area contributed by atoms with E-state index in [1.54, 1.807) is 0 Å². The highest BCUT2D eigenvalue weighted by Gasteiger charge is 2.22. The predicted molar refractivity (Wildman–Crippen MR) is 70.4 cm³/mol. The Labute approximate surface area is 109 Å². The second kappa shape index (κ2) is 7.07. The summed E-state index contributed by atoms with van der Waals surface area (Å²) in [6.45, 7) is 9.56. The number of carbonyl (C=O) groups is 1. The molecule has 2 N–H and O–H groups in total. The number of nitrogens with zero attached hydrogens (tertiary/aromatic N) is 1. The Morgan fingerprint density at radius 3 is 2.94 bits per heavy atom. The quantitative estimate of drug-likeness (QED) is 0.707. The topological polar surface area (TPSA) is 53.6 Å². The van der Waals surface area contributed by atoms with Crippen LogP contribution in [0, 0.1) is 11.8 Å². The van der Waals surface area contributed by atoms with Gasteiger partial charge in [-0.15, -0.1) is 0 Å². The molecule has 2 unspecified atom stereocenters. The smallest absolute Gasteiger partial charge is 0.224 e. The molecule has 2 rings (SSSR count). The molecule has 0 spiro atoms. The summed E-state index contributed by atoms with van der Waals surface area (Å²) in [4.78, 5) is 14.3. The van der Waals surface area contributed by atoms with Crippen molar-refractivity contribution in [3.05, 3.63) is 0 Å². The van der Waals surface area contributed by atoms with E-state index in [0.717, 1.165) is 58.9 Å². The van der Waals surface area contributed by atoms with E-state index in [4.69, 9.17) is 4.74 Å². The molecule has 5 heteroatoms. The van der Waals surface area contributed by atoms with Crippen LogP contribution < -0.4 is 10.6 Å². The Morgan fingerprint density at radius 1 is 1.50 bits per heavy atom. The molecule has 0 aromatic carbocycles. The summed E-state index contributed by atoms with van der Waals surface area (Å²) in [5.74, 6) is 0.899. The van der Waals surface area contributed by atoms with E-state index < -0.39 is 0 Å². The second-order valence-electron chi connectivity index (χ2n) is 5.45. The molecule has 0 radical (unpaired) electrons. The molecule has 0 saturated carbocycles. The molecule has 2 fully saturated rings. The minimum Gasteiger partial charge on any atom is -0.379 e. The van der Waals surface area contributed by atoms with E-state index in [9.17, 15) is 4.79 Å². The average molecular weight is 255 g/mol. The molecule has 2 atom stereocenters. The molecule has 5 nitrogen and oxygen atoms in total. The minimum atomic E-state index is 0.181. The van der Waals surface area contributed by atoms with E-state index in [-0.39, 0.29) is 11.8 Å². The molecular formula is C13H25N3O2. The normalized spacial score (nSPS) is 27.1. The number of rotatable bonds is 5. The minimum absolute atomic E-state index is 0.181. The van der Waals surface area contributed by atoms with Gasteiger partial charge in [0.1, 0.15) is 0 Å². The summed E-state index contributed by atoms with van der Waals surface area (Å²) >= 11 is 0. The maximum absolute atomic E-state index is 11.9. The van der Waals surface area contributed by atoms with Crippen molar-refractivity contribution in [3.63, 3.8) is 0 Å². The molecular weight excluding hydrogens is 230 g/mol. The van der Waals surface area contributed by atoms with E-state index in [1.807, 2.05) is 0 Å². The SMILES string of the molecule is CC(CNC(=O)C1CCNC1)CN1CCOCC1. The first-order valence-corrected chi connectivity index (χ1v) is 7.04. The van der Waals surface area contributed by atoms with Crippen molar-refractivity contribution in [3.8, 4) is 0 Å². The Balaban J connectivity index is 1.61. The largest absolute Gasteiger partial charge is 0.379 e. The predicted octanol–water partition coefficient (Wildman–Crippen LogP) is -0.320. The van der Waals surface area contributed by atoms with Crippen molar-refractivity contribution in [1.82, 2.24) is 15.5 Å². The highest BCUT2D eigenvalue weighted by molar-refractivity contribution is 5.79. The third-order valence-electron chi connectivity index (χ3n) is 3.73. The van der Waals surface area contributed by atoms with E-state index in [0.29, 0.717) is 5.92 Å². The summed E-state index contributed by atoms with van der Waals surface area (Å²) in [7, 11) is 0. The van der Waals surface area contributed by atoms with Crippen LogP contribution in [0.1, 0.15) is 13.3 Å². The fraction of sp³-hybridized carbons (Fsp3) is 0.923. The molecule has 0 aliphatic carbocycles. The first-order chi connectivity index (χ1) is 8.75. The Morgan fingerprint density at radius 2 is 2.28 bits per heavy atom. The van der Waals surface area contributed by atoms with Gasteiger partial charge in [-0.2, -0.15) is 0 Å². The number of amides is 1. The van der Waals surface area contributed by atoms with Crippen molar-refractivity contribution in [2.75, 3.05) is 52.5 Å². The van der Waals surface area contributed by atoms with Gasteiger partial charge in [-0.1, -0.05) is 6.92 Å². The molecule has 0 aromatic heterocycles. The lowest BCUT2D eigenvalue weighted by Gasteiger charge is -2.29. The van der Waals surface area contributed by atoms with Crippen LogP contribution in [0.5, 0.6) is 0 Å². The number of hydrogen-bond donors (Lipinski definition) is 2. The van der Waals surface area contributed by atoms with Gasteiger partial charge in [0.05, 0.1) is 19.1 Å². The zero-order valence-corrected chi connectivity index (χ0v) is 11.3. The van der Waals surface area contributed by atoms with Gasteiger partial charge < -0.3 is 15.4 Å². The monoisotopic (exact) mass is 255 g/mol. The van der Waals surface area contributed by atoms with Crippen molar-refractivity contribution in [1.29, 1.82) is 0 Å². The van der Waals surface area contributed by atoms with Crippen LogP contribution in [0.2, 0.25) is 0 Å². The zero-order valence-electron chi connectivity index (χ0n) is 11.3. The Kier molecular flexibility index (Phi) is 5.41. The number of carbonyl (C=O) groups excluding carboxylic acids is 1. The number of nitrogens with one attached hydrogen (secondary N) is 2. The molecule has 2 aliphatic rings. The lowest BCUT2D eigenvalue weighted by atomic mass is 10.1. The van der Waals surface area contributed by atoms with Gasteiger partial charge in [-0.3, -0.25) is 9.69 Å². The standard InChI is InChI=1S/C13H25N3O2/c1-11(10-16-4-6-18-7-5-16)8-15-13(17)12-2-3-14-9-12/h11-12,14H,2-10H2,1H3,(H,15,17). The highest BCUT2D eigenvalue weighted by Crippen LogP contribution is 2.08. The molecule has 104 valence electrons. The van der Waals surface area contributed by atoms with Gasteiger partial charge >= 0.3 is 0 Å². The van der Waals surface area contributed by atoms with Crippen molar-refractivity contribution < 1.29 is 9.53 Å². The van der Waals surface area contributed by atoms with E-state index in [1.165, 1.54) is 0 Å². The van der Waals surface area contributed by atoms with Gasteiger partial charge in [0, 0.05) is 32.7 Å². The molecule has 0 aromatic rings. The fourth-order valence-corrected chi connectivity index (χ4v) is 2.59. The Hall–Kier alpha value is -0.650. The van der Waals surface area contributed by atoms with Crippen LogP contribution in [-0.4, -0.2) is 63.3 Å².